The number of benzene rings is 6. The van der Waals surface area contributed by atoms with Crippen molar-refractivity contribution >= 4 is 125 Å². The predicted octanol–water partition coefficient (Wildman–Crippen LogP) is 11.5. The highest BCUT2D eigenvalue weighted by Gasteiger charge is 2.36. The predicted molar refractivity (Wildman–Crippen MR) is 429 cm³/mol. The van der Waals surface area contributed by atoms with Gasteiger partial charge in [0.2, 0.25) is 17.7 Å². The molecule has 3 aliphatic rings. The molecule has 3 saturated heterocycles. The van der Waals surface area contributed by atoms with Crippen LogP contribution in [0.1, 0.15) is 39.6 Å². The molecule has 110 heavy (non-hydrogen) atoms. The number of amides is 3. The topological polar surface area (TPSA) is 294 Å². The van der Waals surface area contributed by atoms with E-state index < -0.39 is 53.9 Å². The molecule has 0 bridgehead atoms. The first kappa shape index (κ1) is 79.0. The molecular formula is C75H92F4N16O10S5. The number of hydrogen-bond acceptors (Lipinski definition) is 20. The highest BCUT2D eigenvalue weighted by Crippen LogP contribution is 2.34. The molecule has 4 N–H and O–H groups in total. The summed E-state index contributed by atoms with van der Waals surface area (Å²) in [7, 11) is -7.36. The number of nitrogens with zero attached hydrogens (tertiary/aromatic N) is 13. The van der Waals surface area contributed by atoms with Gasteiger partial charge >= 0.3 is 6.18 Å². The fourth-order valence-corrected chi connectivity index (χ4v) is 17.9. The third kappa shape index (κ3) is 18.8. The van der Waals surface area contributed by atoms with E-state index in [1.165, 1.54) is 90.1 Å². The van der Waals surface area contributed by atoms with Gasteiger partial charge in [-0.15, -0.1) is 22.7 Å². The second kappa shape index (κ2) is 34.1. The number of hydrogen-bond donors (Lipinski definition) is 4. The third-order valence-corrected chi connectivity index (χ3v) is 25.0. The molecule has 0 radical (unpaired) electrons. The van der Waals surface area contributed by atoms with Crippen molar-refractivity contribution in [2.45, 2.75) is 71.8 Å². The van der Waals surface area contributed by atoms with E-state index in [-0.39, 0.29) is 83.0 Å². The number of nitrogens with one attached hydrogen (secondary N) is 3. The normalized spacial score (nSPS) is 16.4. The van der Waals surface area contributed by atoms with Gasteiger partial charge in [-0.05, 0) is 161 Å². The Bertz CT molecular complexity index is 5350. The molecule has 0 saturated carbocycles. The van der Waals surface area contributed by atoms with E-state index in [0.717, 1.165) is 34.8 Å². The summed E-state index contributed by atoms with van der Waals surface area (Å²) < 4.78 is 140. The van der Waals surface area contributed by atoms with Gasteiger partial charge in [-0.2, -0.15) is 13.2 Å². The van der Waals surface area contributed by atoms with Crippen molar-refractivity contribution in [2.24, 2.45) is 0 Å². The Labute approximate surface area is 650 Å². The molecule has 0 aliphatic carbocycles. The van der Waals surface area contributed by atoms with Gasteiger partial charge in [-0.1, -0.05) is 42.5 Å². The minimum atomic E-state index is -4.46. The van der Waals surface area contributed by atoms with Crippen molar-refractivity contribution in [1.82, 2.24) is 48.7 Å². The Morgan fingerprint density at radius 2 is 1.17 bits per heavy atom. The van der Waals surface area contributed by atoms with Crippen LogP contribution in [0.15, 0.2) is 220 Å². The van der Waals surface area contributed by atoms with E-state index in [4.69, 9.17) is 0 Å². The maximum Gasteiger partial charge on any atom is 0.416 e. The molecule has 3 fully saturated rings. The number of sulfonamides is 3. The zero-order chi connectivity index (χ0) is 78.1. The number of alkyl halides is 3. The zero-order valence-corrected chi connectivity index (χ0v) is 64.2. The largest absolute Gasteiger partial charge is 0.416 e. The third-order valence-electron chi connectivity index (χ3n) is 19.3. The fourth-order valence-electron chi connectivity index (χ4n) is 13.4. The Balaban J connectivity index is 0.000000264. The quantitative estimate of drug-likeness (QED) is 0.0486. The van der Waals surface area contributed by atoms with Gasteiger partial charge < -0.3 is 43.6 Å². The van der Waals surface area contributed by atoms with E-state index in [1.807, 2.05) is 53.9 Å². The number of piperazine rings is 3. The van der Waals surface area contributed by atoms with Gasteiger partial charge in [0.05, 0.1) is 44.5 Å². The SMILES string of the molecule is CC1CN(c2ccc(S(=O)(=O)Nc3nccs3)cc2)CCN1C(=O)Cn1ccc2ccc(C(F)(F)F)cc21.CN(C)C(Cc1ccccc1)C(=O)N1CCN(c2ccc(S(=O)(=O)Nc3ccncn3)cc2)CC1.C[C@@H](C(=O)N1CCN(c2ccc(S(=O)(=O)Nc3nccs3)cc2)C[C@@H]1CO)n1ccc2c(F)cccc21.[HH].[HH].[HH].[HH].[HH].[HH]. The van der Waals surface area contributed by atoms with Gasteiger partial charge in [0.25, 0.3) is 30.1 Å². The van der Waals surface area contributed by atoms with Gasteiger partial charge in [0.1, 0.15) is 30.5 Å². The van der Waals surface area contributed by atoms with E-state index in [2.05, 4.69) is 56.0 Å². The van der Waals surface area contributed by atoms with E-state index >= 15 is 0 Å². The maximum atomic E-state index is 14.1. The van der Waals surface area contributed by atoms with Gasteiger partial charge in [0.15, 0.2) is 10.3 Å². The van der Waals surface area contributed by atoms with Crippen LogP contribution in [0.3, 0.4) is 0 Å². The number of likely N-dealkylation sites (N-methyl/N-ethyl adjacent to an activating group) is 1. The lowest BCUT2D eigenvalue weighted by Gasteiger charge is -2.42. The van der Waals surface area contributed by atoms with Crippen LogP contribution >= 0.6 is 22.7 Å². The number of carbonyl (C=O) groups is 3. The van der Waals surface area contributed by atoms with E-state index in [0.29, 0.717) is 98.8 Å². The summed E-state index contributed by atoms with van der Waals surface area (Å²) in [4.78, 5) is 69.3. The lowest BCUT2D eigenvalue weighted by molar-refractivity contribution is -0.138. The fraction of sp³-hybridized carbons (Fsp3) is 0.293. The summed E-state index contributed by atoms with van der Waals surface area (Å²) in [6.07, 6.45) is 5.34. The lowest BCUT2D eigenvalue weighted by Crippen LogP contribution is -2.57. The molecule has 8 heterocycles. The van der Waals surface area contributed by atoms with Crippen LogP contribution in [0, 0.1) is 5.82 Å². The molecule has 3 amide bonds. The molecule has 35 heteroatoms. The second-order valence-corrected chi connectivity index (χ2v) is 33.4. The Morgan fingerprint density at radius 1 is 0.609 bits per heavy atom. The molecule has 6 aromatic carbocycles. The number of halogens is 4. The first-order chi connectivity index (χ1) is 52.6. The molecule has 5 aromatic heterocycles. The number of rotatable bonds is 21. The summed E-state index contributed by atoms with van der Waals surface area (Å²) in [5.74, 6) is -0.323. The summed E-state index contributed by atoms with van der Waals surface area (Å²) in [5.41, 5.74) is 3.93. The van der Waals surface area contributed by atoms with Gasteiger partial charge in [-0.25, -0.2) is 49.6 Å². The second-order valence-electron chi connectivity index (χ2n) is 26.5. The summed E-state index contributed by atoms with van der Waals surface area (Å²) in [6.45, 7) is 8.78. The van der Waals surface area contributed by atoms with Crippen LogP contribution in [0.25, 0.3) is 21.8 Å². The summed E-state index contributed by atoms with van der Waals surface area (Å²) in [6, 6.07) is 41.6. The Hall–Kier alpha value is -10.6. The van der Waals surface area contributed by atoms with Crippen molar-refractivity contribution in [1.29, 1.82) is 0 Å². The lowest BCUT2D eigenvalue weighted by atomic mass is 10.0. The number of aliphatic hydroxyl groups excluding tert-OH is 1. The molecule has 26 nitrogen and oxygen atoms in total. The Morgan fingerprint density at radius 3 is 1.71 bits per heavy atom. The minimum Gasteiger partial charge on any atom is -0.394 e. The number of fused-ring (bicyclic) bond motifs is 2. The molecule has 14 rings (SSSR count). The monoisotopic (exact) mass is 1610 g/mol. The van der Waals surface area contributed by atoms with Crippen LogP contribution in [0.5, 0.6) is 0 Å². The van der Waals surface area contributed by atoms with Crippen molar-refractivity contribution < 1.29 is 70.9 Å². The Kier molecular flexibility index (Phi) is 24.5. The number of anilines is 6. The highest BCUT2D eigenvalue weighted by molar-refractivity contribution is 7.93. The average molecular weight is 1610 g/mol. The molecule has 3 aliphatic heterocycles. The van der Waals surface area contributed by atoms with Gasteiger partial charge in [0, 0.05) is 150 Å². The average Bonchev–Trinajstić information content (AvgIpc) is 1.53. The summed E-state index contributed by atoms with van der Waals surface area (Å²) >= 11 is 2.38. The van der Waals surface area contributed by atoms with Crippen LogP contribution in [-0.2, 0) is 63.6 Å². The minimum absolute atomic E-state index is 0. The molecule has 590 valence electrons. The summed E-state index contributed by atoms with van der Waals surface area (Å²) in [5, 5.41) is 15.1. The van der Waals surface area contributed by atoms with Crippen LogP contribution in [0.4, 0.5) is 50.7 Å². The van der Waals surface area contributed by atoms with Crippen molar-refractivity contribution in [3.8, 4) is 0 Å². The first-order valence-electron chi connectivity index (χ1n) is 34.9. The van der Waals surface area contributed by atoms with Crippen molar-refractivity contribution in [3.63, 3.8) is 0 Å². The molecule has 2 unspecified atom stereocenters. The van der Waals surface area contributed by atoms with Crippen LogP contribution < -0.4 is 28.9 Å². The molecule has 0 spiro atoms. The van der Waals surface area contributed by atoms with Crippen LogP contribution in [-0.4, -0.2) is 201 Å². The number of aromatic nitrogens is 6. The van der Waals surface area contributed by atoms with Crippen molar-refractivity contribution in [2.75, 3.05) is 115 Å². The smallest absolute Gasteiger partial charge is 0.394 e. The molecule has 4 atom stereocenters. The van der Waals surface area contributed by atoms with Crippen LogP contribution in [0.2, 0.25) is 0 Å². The number of carbonyl (C=O) groups excluding carboxylic acids is 3. The molecular weight excluding hydrogens is 1520 g/mol. The van der Waals surface area contributed by atoms with E-state index in [9.17, 15) is 62.3 Å². The van der Waals surface area contributed by atoms with Crippen molar-refractivity contribution in [3.05, 3.63) is 223 Å². The van der Waals surface area contributed by atoms with Gasteiger partial charge in [-0.3, -0.25) is 33.4 Å². The maximum absolute atomic E-state index is 14.1. The number of thiazole rings is 2. The standard InChI is InChI=1S/C25H24F3N5O3S2.C25H26FN5O4S2.C25H30N6O3S.6H2/c1-17-15-31(20-4-6-21(7-5-20)38(35,36)30-24-29-9-13-37-24)11-12-33(17)23(34)16-32-10-8-18-2-3-19(14-22(18)32)25(26,27)28;1-17(30-11-9-21-22(26)3-2-4-23(21)30)24(33)31-13-12-29(15-19(31)16-32)18-5-7-20(8-6-18)37(34,35)28-25-27-10-14-36-25;1-29(2)23(18-20-6-4-3-5-7-20)25(32)31-16-14-30(15-17-31)21-8-10-22(11-9-21)35(33,34)28-24-12-13-26-19-27-24;;;;;;/h2-10,13-14,17H,11-12,15-16H2,1H3,(H,29,30);2-11,14,17,19,32H,12-13,15-16H2,1H3,(H,27,28);3-13,19,23H,14-18H2,1-2H3,(H,26,27,28);6*1H/t;17-,19+;;;;;;;/m.0......./s1. The zero-order valence-electron chi connectivity index (χ0n) is 60.1. The highest BCUT2D eigenvalue weighted by atomic mass is 32.2. The first-order valence-corrected chi connectivity index (χ1v) is 41.1. The molecule has 11 aromatic rings. The van der Waals surface area contributed by atoms with E-state index in [1.54, 1.807) is 122 Å². The number of aliphatic hydroxyl groups is 1.